The number of hydrogen-bond acceptors (Lipinski definition) is 5. The second-order valence-corrected chi connectivity index (χ2v) is 8.09. The first kappa shape index (κ1) is 20.4. The van der Waals surface area contributed by atoms with Gasteiger partial charge >= 0.3 is 0 Å². The van der Waals surface area contributed by atoms with Crippen LogP contribution >= 0.6 is 0 Å². The predicted octanol–water partition coefficient (Wildman–Crippen LogP) is 3.20. The van der Waals surface area contributed by atoms with Crippen LogP contribution in [0.1, 0.15) is 50.5 Å². The van der Waals surface area contributed by atoms with E-state index in [4.69, 9.17) is 9.47 Å². The molecule has 27 heavy (non-hydrogen) atoms. The Morgan fingerprint density at radius 2 is 1.85 bits per heavy atom. The zero-order valence-corrected chi connectivity index (χ0v) is 16.8. The normalized spacial score (nSPS) is 19.9. The minimum absolute atomic E-state index is 0.297. The van der Waals surface area contributed by atoms with Crippen molar-refractivity contribution in [1.82, 2.24) is 10.2 Å². The first-order valence-corrected chi connectivity index (χ1v) is 10.7. The fraction of sp³-hybridized carbons (Fsp3) is 0.727. The van der Waals surface area contributed by atoms with Gasteiger partial charge in [0.05, 0.1) is 7.11 Å². The molecule has 1 aromatic rings. The molecule has 0 aromatic heterocycles. The highest BCUT2D eigenvalue weighted by Gasteiger charge is 2.20. The monoisotopic (exact) mass is 376 g/mol. The number of ether oxygens (including phenoxy) is 2. The van der Waals surface area contributed by atoms with Crippen molar-refractivity contribution in [2.24, 2.45) is 5.92 Å². The minimum Gasteiger partial charge on any atom is -0.493 e. The van der Waals surface area contributed by atoms with Gasteiger partial charge in [-0.15, -0.1) is 0 Å². The van der Waals surface area contributed by atoms with E-state index in [0.29, 0.717) is 13.2 Å². The molecular weight excluding hydrogens is 340 g/mol. The second-order valence-electron chi connectivity index (χ2n) is 8.09. The third kappa shape index (κ3) is 7.32. The summed E-state index contributed by atoms with van der Waals surface area (Å²) >= 11 is 0. The van der Waals surface area contributed by atoms with Crippen molar-refractivity contribution >= 4 is 0 Å². The molecule has 0 radical (unpaired) electrons. The van der Waals surface area contributed by atoms with Crippen LogP contribution in [0.5, 0.6) is 11.5 Å². The Morgan fingerprint density at radius 1 is 1.11 bits per heavy atom. The van der Waals surface area contributed by atoms with Crippen molar-refractivity contribution in [3.63, 3.8) is 0 Å². The Hall–Kier alpha value is -1.30. The SMILES string of the molecule is COc1ccc(CNCC2CC2)cc1OC[C@H](O)CN1CCCCCCC1. The summed E-state index contributed by atoms with van der Waals surface area (Å²) in [7, 11) is 1.66. The van der Waals surface area contributed by atoms with Gasteiger partial charge in [-0.25, -0.2) is 0 Å². The van der Waals surface area contributed by atoms with Crippen LogP contribution in [0.4, 0.5) is 0 Å². The van der Waals surface area contributed by atoms with E-state index in [-0.39, 0.29) is 0 Å². The molecule has 3 rings (SSSR count). The molecule has 1 aliphatic carbocycles. The summed E-state index contributed by atoms with van der Waals surface area (Å²) in [6, 6.07) is 6.05. The predicted molar refractivity (Wildman–Crippen MR) is 108 cm³/mol. The van der Waals surface area contributed by atoms with Crippen LogP contribution in [0, 0.1) is 5.92 Å². The molecule has 0 amide bonds. The molecule has 1 aromatic carbocycles. The number of rotatable bonds is 10. The Kier molecular flexibility index (Phi) is 8.24. The summed E-state index contributed by atoms with van der Waals surface area (Å²) in [5.41, 5.74) is 1.18. The van der Waals surface area contributed by atoms with E-state index in [9.17, 15) is 5.11 Å². The van der Waals surface area contributed by atoms with Gasteiger partial charge in [0.1, 0.15) is 12.7 Å². The van der Waals surface area contributed by atoms with Crippen molar-refractivity contribution in [2.75, 3.05) is 39.9 Å². The summed E-state index contributed by atoms with van der Waals surface area (Å²) in [5.74, 6) is 2.31. The zero-order chi connectivity index (χ0) is 18.9. The number of aliphatic hydroxyl groups excluding tert-OH is 1. The molecule has 1 saturated heterocycles. The number of hydrogen-bond donors (Lipinski definition) is 2. The molecule has 0 spiro atoms. The van der Waals surface area contributed by atoms with E-state index in [1.54, 1.807) is 7.11 Å². The van der Waals surface area contributed by atoms with E-state index in [0.717, 1.165) is 43.6 Å². The molecule has 2 fully saturated rings. The van der Waals surface area contributed by atoms with Gasteiger partial charge in [0.2, 0.25) is 0 Å². The first-order valence-electron chi connectivity index (χ1n) is 10.7. The molecule has 0 bridgehead atoms. The quantitative estimate of drug-likeness (QED) is 0.657. The van der Waals surface area contributed by atoms with Crippen molar-refractivity contribution < 1.29 is 14.6 Å². The van der Waals surface area contributed by atoms with E-state index in [1.807, 2.05) is 12.1 Å². The minimum atomic E-state index is -0.481. The average molecular weight is 377 g/mol. The van der Waals surface area contributed by atoms with Crippen LogP contribution < -0.4 is 14.8 Å². The summed E-state index contributed by atoms with van der Waals surface area (Å²) in [6.07, 6.45) is 8.67. The van der Waals surface area contributed by atoms with Crippen LogP contribution in [0.2, 0.25) is 0 Å². The standard InChI is InChI=1S/C22H36N2O3/c1-26-21-10-9-19(15-23-14-18-7-8-18)13-22(21)27-17-20(25)16-24-11-5-3-2-4-6-12-24/h9-10,13,18,20,23,25H,2-8,11-12,14-17H2,1H3/t20-/m1/s1. The molecule has 5 heteroatoms. The number of aliphatic hydroxyl groups is 1. The number of methoxy groups -OCH3 is 1. The van der Waals surface area contributed by atoms with Crippen LogP contribution in [0.3, 0.4) is 0 Å². The number of β-amino-alcohol motifs (C(OH)–C–C–N with tert-alkyl or cyclic N) is 1. The average Bonchev–Trinajstić information content (AvgIpc) is 3.46. The number of nitrogens with one attached hydrogen (secondary N) is 1. The van der Waals surface area contributed by atoms with Crippen molar-refractivity contribution in [3.8, 4) is 11.5 Å². The highest BCUT2D eigenvalue weighted by Crippen LogP contribution is 2.29. The van der Waals surface area contributed by atoms with E-state index < -0.39 is 6.10 Å². The smallest absolute Gasteiger partial charge is 0.161 e. The van der Waals surface area contributed by atoms with Crippen LogP contribution in [0.25, 0.3) is 0 Å². The van der Waals surface area contributed by atoms with Crippen molar-refractivity contribution in [1.29, 1.82) is 0 Å². The van der Waals surface area contributed by atoms with E-state index in [2.05, 4.69) is 16.3 Å². The molecule has 1 aliphatic heterocycles. The number of likely N-dealkylation sites (tertiary alicyclic amines) is 1. The molecule has 1 saturated carbocycles. The highest BCUT2D eigenvalue weighted by molar-refractivity contribution is 5.43. The molecule has 5 nitrogen and oxygen atoms in total. The third-order valence-electron chi connectivity index (χ3n) is 5.54. The second kappa shape index (κ2) is 10.9. The molecule has 2 aliphatic rings. The third-order valence-corrected chi connectivity index (χ3v) is 5.54. The largest absolute Gasteiger partial charge is 0.493 e. The first-order chi connectivity index (χ1) is 13.2. The number of benzene rings is 1. The lowest BCUT2D eigenvalue weighted by atomic mass is 10.1. The van der Waals surface area contributed by atoms with Crippen LogP contribution in [0.15, 0.2) is 18.2 Å². The molecule has 1 heterocycles. The van der Waals surface area contributed by atoms with Gasteiger partial charge in [-0.2, -0.15) is 0 Å². The Bertz CT molecular complexity index is 554. The van der Waals surface area contributed by atoms with Gasteiger partial charge in [-0.1, -0.05) is 25.3 Å². The maximum atomic E-state index is 10.4. The fourth-order valence-electron chi connectivity index (χ4n) is 3.72. The lowest BCUT2D eigenvalue weighted by Crippen LogP contribution is -2.37. The fourth-order valence-corrected chi connectivity index (χ4v) is 3.72. The van der Waals surface area contributed by atoms with Gasteiger partial charge in [0.25, 0.3) is 0 Å². The van der Waals surface area contributed by atoms with Gasteiger partial charge in [0.15, 0.2) is 11.5 Å². The van der Waals surface area contributed by atoms with E-state index >= 15 is 0 Å². The topological polar surface area (TPSA) is 54.0 Å². The summed E-state index contributed by atoms with van der Waals surface area (Å²) in [6.45, 7) is 5.09. The molecule has 152 valence electrons. The molecule has 1 atom stereocenters. The van der Waals surface area contributed by atoms with Crippen molar-refractivity contribution in [2.45, 2.75) is 57.6 Å². The zero-order valence-electron chi connectivity index (χ0n) is 16.8. The van der Waals surface area contributed by atoms with Gasteiger partial charge in [-0.3, -0.25) is 0 Å². The van der Waals surface area contributed by atoms with Crippen LogP contribution in [-0.4, -0.2) is 56.0 Å². The summed E-state index contributed by atoms with van der Waals surface area (Å²) in [5, 5.41) is 14.0. The Balaban J connectivity index is 1.46. The van der Waals surface area contributed by atoms with Crippen LogP contribution in [-0.2, 0) is 6.54 Å². The summed E-state index contributed by atoms with van der Waals surface area (Å²) in [4.78, 5) is 2.38. The maximum absolute atomic E-state index is 10.4. The highest BCUT2D eigenvalue weighted by atomic mass is 16.5. The maximum Gasteiger partial charge on any atom is 0.161 e. The molecule has 2 N–H and O–H groups in total. The molecular formula is C22H36N2O3. The lowest BCUT2D eigenvalue weighted by molar-refractivity contribution is 0.0644. The van der Waals surface area contributed by atoms with Crippen molar-refractivity contribution in [3.05, 3.63) is 23.8 Å². The van der Waals surface area contributed by atoms with Gasteiger partial charge < -0.3 is 24.8 Å². The Labute approximate surface area is 164 Å². The molecule has 0 unspecified atom stereocenters. The lowest BCUT2D eigenvalue weighted by Gasteiger charge is -2.26. The van der Waals surface area contributed by atoms with E-state index in [1.165, 1.54) is 50.5 Å². The number of nitrogens with zero attached hydrogens (tertiary/aromatic N) is 1. The van der Waals surface area contributed by atoms with Gasteiger partial charge in [-0.05, 0) is 68.9 Å². The van der Waals surface area contributed by atoms with Gasteiger partial charge in [0, 0.05) is 13.1 Å². The summed E-state index contributed by atoms with van der Waals surface area (Å²) < 4.78 is 11.4. The Morgan fingerprint density at radius 3 is 2.56 bits per heavy atom.